The third-order valence-corrected chi connectivity index (χ3v) is 4.63. The minimum Gasteiger partial charge on any atom is -0.358 e. The lowest BCUT2D eigenvalue weighted by molar-refractivity contribution is -0.137. The van der Waals surface area contributed by atoms with Crippen LogP contribution >= 0.6 is 11.6 Å². The lowest BCUT2D eigenvalue weighted by atomic mass is 9.80. The van der Waals surface area contributed by atoms with Gasteiger partial charge in [-0.3, -0.25) is 0 Å². The summed E-state index contributed by atoms with van der Waals surface area (Å²) in [6, 6.07) is 13.1. The largest absolute Gasteiger partial charge is 0.416 e. The minimum absolute atomic E-state index is 0.321. The molecular formula is C18H11ClF3N5O. The number of nitrogens with zero attached hydrogens (tertiary/aromatic N) is 5. The van der Waals surface area contributed by atoms with E-state index in [4.69, 9.17) is 16.1 Å². The van der Waals surface area contributed by atoms with E-state index >= 15 is 0 Å². The van der Waals surface area contributed by atoms with Crippen LogP contribution in [0.15, 0.2) is 71.6 Å². The second-order valence-corrected chi connectivity index (χ2v) is 6.36. The van der Waals surface area contributed by atoms with Crippen LogP contribution in [0.4, 0.5) is 13.2 Å². The fraction of sp³-hybridized carbons (Fsp3) is 0.111. The summed E-state index contributed by atoms with van der Waals surface area (Å²) in [7, 11) is 0. The second kappa shape index (κ2) is 6.75. The van der Waals surface area contributed by atoms with Crippen molar-refractivity contribution in [3.8, 4) is 0 Å². The van der Waals surface area contributed by atoms with E-state index in [1.807, 2.05) is 0 Å². The molecule has 0 aliphatic rings. The highest BCUT2D eigenvalue weighted by molar-refractivity contribution is 6.30. The SMILES string of the molecule is FC(F)(F)c1ccc(C(c2ccc(Cl)cc2)(c2ccno2)n2cnnn2)cc1. The molecule has 2 aromatic carbocycles. The number of tetrazole rings is 1. The summed E-state index contributed by atoms with van der Waals surface area (Å²) in [5.41, 5.74) is -0.975. The Bertz CT molecular complexity index is 1010. The summed E-state index contributed by atoms with van der Waals surface area (Å²) in [6.07, 6.45) is -1.66. The van der Waals surface area contributed by atoms with Crippen molar-refractivity contribution in [2.24, 2.45) is 0 Å². The number of rotatable bonds is 4. The maximum Gasteiger partial charge on any atom is 0.416 e. The molecule has 0 aliphatic heterocycles. The predicted molar refractivity (Wildman–Crippen MR) is 92.5 cm³/mol. The van der Waals surface area contributed by atoms with Gasteiger partial charge in [0.25, 0.3) is 0 Å². The summed E-state index contributed by atoms with van der Waals surface area (Å²) >= 11 is 6.02. The monoisotopic (exact) mass is 405 g/mol. The van der Waals surface area contributed by atoms with Gasteiger partial charge in [0.15, 0.2) is 11.3 Å². The third-order valence-electron chi connectivity index (χ3n) is 4.38. The second-order valence-electron chi connectivity index (χ2n) is 5.92. The number of benzene rings is 2. The van der Waals surface area contributed by atoms with Crippen LogP contribution in [0.2, 0.25) is 5.02 Å². The van der Waals surface area contributed by atoms with Crippen LogP contribution in [-0.2, 0) is 11.7 Å². The maximum absolute atomic E-state index is 13.0. The number of halogens is 4. The van der Waals surface area contributed by atoms with E-state index in [2.05, 4.69) is 20.7 Å². The van der Waals surface area contributed by atoms with Crippen LogP contribution in [0, 0.1) is 0 Å². The van der Waals surface area contributed by atoms with Gasteiger partial charge in [0.2, 0.25) is 0 Å². The van der Waals surface area contributed by atoms with Crippen molar-refractivity contribution in [1.82, 2.24) is 25.4 Å². The van der Waals surface area contributed by atoms with Gasteiger partial charge >= 0.3 is 6.18 Å². The Morgan fingerprint density at radius 3 is 1.96 bits per heavy atom. The van der Waals surface area contributed by atoms with Gasteiger partial charge in [-0.2, -0.15) is 13.2 Å². The summed E-state index contributed by atoms with van der Waals surface area (Å²) in [6.45, 7) is 0. The molecule has 0 saturated heterocycles. The fourth-order valence-electron chi connectivity index (χ4n) is 3.14. The van der Waals surface area contributed by atoms with Crippen LogP contribution in [-0.4, -0.2) is 25.4 Å². The zero-order valence-corrected chi connectivity index (χ0v) is 14.8. The Morgan fingerprint density at radius 2 is 1.46 bits per heavy atom. The van der Waals surface area contributed by atoms with Crippen LogP contribution in [0.3, 0.4) is 0 Å². The average Bonchev–Trinajstić information content (AvgIpc) is 3.38. The van der Waals surface area contributed by atoms with Crippen molar-refractivity contribution >= 4 is 11.6 Å². The highest BCUT2D eigenvalue weighted by Crippen LogP contribution is 2.41. The van der Waals surface area contributed by atoms with Crippen molar-refractivity contribution in [3.05, 3.63) is 94.6 Å². The molecule has 10 heteroatoms. The first-order chi connectivity index (χ1) is 13.4. The van der Waals surface area contributed by atoms with Gasteiger partial charge in [-0.15, -0.1) is 5.10 Å². The Labute approximate surface area is 161 Å². The van der Waals surface area contributed by atoms with E-state index in [0.717, 1.165) is 12.1 Å². The van der Waals surface area contributed by atoms with Crippen molar-refractivity contribution in [2.45, 2.75) is 11.7 Å². The highest BCUT2D eigenvalue weighted by atomic mass is 35.5. The molecule has 28 heavy (non-hydrogen) atoms. The number of aromatic nitrogens is 5. The Morgan fingerprint density at radius 1 is 0.857 bits per heavy atom. The molecule has 0 spiro atoms. The van der Waals surface area contributed by atoms with Crippen LogP contribution < -0.4 is 0 Å². The van der Waals surface area contributed by atoms with E-state index in [9.17, 15) is 13.2 Å². The molecule has 0 saturated carbocycles. The quantitative estimate of drug-likeness (QED) is 0.509. The highest BCUT2D eigenvalue weighted by Gasteiger charge is 2.44. The van der Waals surface area contributed by atoms with Gasteiger partial charge in [0, 0.05) is 11.1 Å². The standard InChI is InChI=1S/C18H11ClF3N5O/c19-15-7-5-13(6-8-15)17(16-9-10-24-28-16,27-11-23-25-26-27)12-1-3-14(4-2-12)18(20,21)22/h1-11H. The van der Waals surface area contributed by atoms with Gasteiger partial charge in [-0.25, -0.2) is 4.68 Å². The van der Waals surface area contributed by atoms with Crippen molar-refractivity contribution in [2.75, 3.05) is 0 Å². The van der Waals surface area contributed by atoms with Crippen LogP contribution in [0.25, 0.3) is 0 Å². The average molecular weight is 406 g/mol. The van der Waals surface area contributed by atoms with Crippen molar-refractivity contribution in [3.63, 3.8) is 0 Å². The molecule has 2 aromatic heterocycles. The van der Waals surface area contributed by atoms with E-state index < -0.39 is 17.3 Å². The molecule has 0 N–H and O–H groups in total. The third kappa shape index (κ3) is 2.93. The molecule has 6 nitrogen and oxygen atoms in total. The zero-order chi connectivity index (χ0) is 19.8. The van der Waals surface area contributed by atoms with Gasteiger partial charge in [-0.1, -0.05) is 41.0 Å². The molecule has 0 bridgehead atoms. The normalized spacial score (nSPS) is 14.0. The molecule has 0 amide bonds. The first-order valence-electron chi connectivity index (χ1n) is 8.01. The predicted octanol–water partition coefficient (Wildman–Crippen LogP) is 4.17. The lowest BCUT2D eigenvalue weighted by Crippen LogP contribution is -2.38. The molecule has 4 aromatic rings. The Hall–Kier alpha value is -3.20. The topological polar surface area (TPSA) is 69.6 Å². The number of hydrogen-bond acceptors (Lipinski definition) is 5. The van der Waals surface area contributed by atoms with Crippen molar-refractivity contribution in [1.29, 1.82) is 0 Å². The lowest BCUT2D eigenvalue weighted by Gasteiger charge is -2.32. The molecule has 1 atom stereocenters. The fourth-order valence-corrected chi connectivity index (χ4v) is 3.26. The van der Waals surface area contributed by atoms with E-state index in [1.54, 1.807) is 30.3 Å². The number of hydrogen-bond donors (Lipinski definition) is 0. The summed E-state index contributed by atoms with van der Waals surface area (Å²) in [5, 5.41) is 15.6. The molecular weight excluding hydrogens is 395 g/mol. The Balaban J connectivity index is 2.02. The van der Waals surface area contributed by atoms with Crippen LogP contribution in [0.1, 0.15) is 22.5 Å². The summed E-state index contributed by atoms with van der Waals surface area (Å²) in [4.78, 5) is 0. The maximum atomic E-state index is 13.0. The first-order valence-corrected chi connectivity index (χ1v) is 8.38. The summed E-state index contributed by atoms with van der Waals surface area (Å²) < 4.78 is 46.0. The van der Waals surface area contributed by atoms with E-state index in [-0.39, 0.29) is 0 Å². The first kappa shape index (κ1) is 18.2. The molecule has 1 unspecified atom stereocenters. The zero-order valence-electron chi connectivity index (χ0n) is 14.0. The molecule has 2 heterocycles. The molecule has 0 fully saturated rings. The van der Waals surface area contributed by atoms with Gasteiger partial charge in [-0.05, 0) is 45.8 Å². The summed E-state index contributed by atoms with van der Waals surface area (Å²) in [5.74, 6) is 0.321. The van der Waals surface area contributed by atoms with E-state index in [1.165, 1.54) is 29.3 Å². The molecule has 4 rings (SSSR count). The molecule has 142 valence electrons. The van der Waals surface area contributed by atoms with Gasteiger partial charge in [0.05, 0.1) is 11.8 Å². The minimum atomic E-state index is -4.46. The van der Waals surface area contributed by atoms with Gasteiger partial charge in [0.1, 0.15) is 6.33 Å². The molecule has 0 aliphatic carbocycles. The number of alkyl halides is 3. The smallest absolute Gasteiger partial charge is 0.358 e. The Kier molecular flexibility index (Phi) is 4.38. The van der Waals surface area contributed by atoms with Crippen molar-refractivity contribution < 1.29 is 17.7 Å². The van der Waals surface area contributed by atoms with Gasteiger partial charge < -0.3 is 4.52 Å². The molecule has 0 radical (unpaired) electrons. The van der Waals surface area contributed by atoms with E-state index in [0.29, 0.717) is 21.9 Å². The van der Waals surface area contributed by atoms with Crippen LogP contribution in [0.5, 0.6) is 0 Å².